The lowest BCUT2D eigenvalue weighted by Crippen LogP contribution is -2.40. The number of thioether (sulfide) groups is 1. The fraction of sp³-hybridized carbons (Fsp3) is 0.214. The van der Waals surface area contributed by atoms with Crippen LogP contribution in [0.2, 0.25) is 5.02 Å². The summed E-state index contributed by atoms with van der Waals surface area (Å²) in [6.45, 7) is 0.380. The van der Waals surface area contributed by atoms with E-state index in [-0.39, 0.29) is 30.0 Å². The van der Waals surface area contributed by atoms with Crippen LogP contribution in [-0.4, -0.2) is 40.9 Å². The predicted octanol–water partition coefficient (Wildman–Crippen LogP) is 2.31. The molecule has 22 heavy (non-hydrogen) atoms. The van der Waals surface area contributed by atoms with E-state index < -0.39 is 6.03 Å². The summed E-state index contributed by atoms with van der Waals surface area (Å²) in [4.78, 5) is 35.4. The number of nitrogens with one attached hydrogen (secondary N) is 2. The van der Waals surface area contributed by atoms with Gasteiger partial charge in [-0.2, -0.15) is 0 Å². The van der Waals surface area contributed by atoms with E-state index in [0.29, 0.717) is 5.02 Å². The zero-order valence-corrected chi connectivity index (χ0v) is 13.1. The molecule has 1 aliphatic heterocycles. The second-order valence-corrected chi connectivity index (χ2v) is 5.75. The van der Waals surface area contributed by atoms with Crippen molar-refractivity contribution < 1.29 is 14.4 Å². The number of nitrogens with zero attached hydrogens (tertiary/aromatic N) is 1. The Labute approximate surface area is 136 Å². The van der Waals surface area contributed by atoms with Gasteiger partial charge in [0, 0.05) is 24.3 Å². The smallest absolute Gasteiger partial charge is 0.318 e. The molecule has 116 valence electrons. The summed E-state index contributed by atoms with van der Waals surface area (Å²) in [6.07, 6.45) is 3.19. The van der Waals surface area contributed by atoms with Gasteiger partial charge in [0.2, 0.25) is 5.91 Å². The Morgan fingerprint density at radius 3 is 2.91 bits per heavy atom. The predicted molar refractivity (Wildman–Crippen MR) is 86.6 cm³/mol. The highest BCUT2D eigenvalue weighted by molar-refractivity contribution is 8.14. The van der Waals surface area contributed by atoms with Crippen molar-refractivity contribution in [1.82, 2.24) is 15.5 Å². The molecular formula is C14H14ClN3O3S. The first-order valence-corrected chi connectivity index (χ1v) is 7.86. The minimum atomic E-state index is -0.412. The zero-order chi connectivity index (χ0) is 15.9. The van der Waals surface area contributed by atoms with Crippen LogP contribution in [-0.2, 0) is 4.79 Å². The van der Waals surface area contributed by atoms with E-state index in [9.17, 15) is 14.4 Å². The molecule has 0 bridgehead atoms. The summed E-state index contributed by atoms with van der Waals surface area (Å²) in [5, 5.41) is 5.44. The van der Waals surface area contributed by atoms with Crippen molar-refractivity contribution in [2.45, 2.75) is 0 Å². The van der Waals surface area contributed by atoms with Gasteiger partial charge in [0.05, 0.1) is 5.75 Å². The highest BCUT2D eigenvalue weighted by atomic mass is 35.5. The molecule has 0 unspecified atom stereocenters. The SMILES string of the molecule is O=C(N/C=C/c1cccc(Cl)c1)NCCN1C(=O)CSC1=O. The van der Waals surface area contributed by atoms with Gasteiger partial charge in [-0.3, -0.25) is 14.5 Å². The molecule has 0 aliphatic carbocycles. The Hall–Kier alpha value is -1.99. The van der Waals surface area contributed by atoms with E-state index in [1.165, 1.54) is 6.20 Å². The van der Waals surface area contributed by atoms with Crippen molar-refractivity contribution in [3.63, 3.8) is 0 Å². The van der Waals surface area contributed by atoms with Gasteiger partial charge in [-0.1, -0.05) is 35.5 Å². The van der Waals surface area contributed by atoms with Crippen molar-refractivity contribution in [3.8, 4) is 0 Å². The third-order valence-corrected chi connectivity index (χ3v) is 3.89. The number of halogens is 1. The van der Waals surface area contributed by atoms with Gasteiger partial charge in [-0.05, 0) is 23.8 Å². The second-order valence-electron chi connectivity index (χ2n) is 4.39. The van der Waals surface area contributed by atoms with Crippen molar-refractivity contribution in [3.05, 3.63) is 41.1 Å². The van der Waals surface area contributed by atoms with Crippen LogP contribution in [0.5, 0.6) is 0 Å². The summed E-state index contributed by atoms with van der Waals surface area (Å²) in [5.41, 5.74) is 0.859. The van der Waals surface area contributed by atoms with Gasteiger partial charge in [-0.15, -0.1) is 0 Å². The highest BCUT2D eigenvalue weighted by Crippen LogP contribution is 2.17. The third kappa shape index (κ3) is 4.78. The summed E-state index contributed by atoms with van der Waals surface area (Å²) in [7, 11) is 0. The van der Waals surface area contributed by atoms with Crippen molar-refractivity contribution in [2.24, 2.45) is 0 Å². The summed E-state index contributed by atoms with van der Waals surface area (Å²) in [5.74, 6) is -0.0500. The first-order chi connectivity index (χ1) is 10.6. The Morgan fingerprint density at radius 2 is 2.23 bits per heavy atom. The Morgan fingerprint density at radius 1 is 1.41 bits per heavy atom. The van der Waals surface area contributed by atoms with Crippen LogP contribution >= 0.6 is 23.4 Å². The average Bonchev–Trinajstić information content (AvgIpc) is 2.79. The molecule has 1 fully saturated rings. The molecule has 1 aliphatic rings. The van der Waals surface area contributed by atoms with Crippen LogP contribution in [0.15, 0.2) is 30.5 Å². The Balaban J connectivity index is 1.70. The molecule has 4 amide bonds. The van der Waals surface area contributed by atoms with E-state index in [2.05, 4.69) is 10.6 Å². The standard InChI is InChI=1S/C14H14ClN3O3S/c15-11-3-1-2-10(8-11)4-5-16-13(20)17-6-7-18-12(19)9-22-14(18)21/h1-5,8H,6-7,9H2,(H2,16,17,20)/b5-4+. The van der Waals surface area contributed by atoms with Crippen LogP contribution in [0, 0.1) is 0 Å². The van der Waals surface area contributed by atoms with E-state index in [4.69, 9.17) is 11.6 Å². The van der Waals surface area contributed by atoms with Gasteiger partial charge >= 0.3 is 6.03 Å². The Kier molecular flexibility index (Phi) is 5.85. The molecule has 1 aromatic rings. The third-order valence-electron chi connectivity index (χ3n) is 2.80. The zero-order valence-electron chi connectivity index (χ0n) is 11.5. The normalized spacial score (nSPS) is 14.7. The number of rotatable bonds is 5. The average molecular weight is 340 g/mol. The van der Waals surface area contributed by atoms with Gasteiger partial charge in [0.15, 0.2) is 0 Å². The maximum atomic E-state index is 11.5. The molecule has 0 radical (unpaired) electrons. The number of urea groups is 1. The van der Waals surface area contributed by atoms with E-state index >= 15 is 0 Å². The number of benzene rings is 1. The molecule has 1 heterocycles. The van der Waals surface area contributed by atoms with Crippen LogP contribution in [0.1, 0.15) is 5.56 Å². The molecule has 1 saturated heterocycles. The lowest BCUT2D eigenvalue weighted by molar-refractivity contribution is -0.124. The first-order valence-electron chi connectivity index (χ1n) is 6.50. The minimum absolute atomic E-state index is 0.174. The van der Waals surface area contributed by atoms with Crippen LogP contribution in [0.25, 0.3) is 6.08 Å². The number of imide groups is 1. The molecule has 0 saturated carbocycles. The molecular weight excluding hydrogens is 326 g/mol. The summed E-state index contributed by atoms with van der Waals surface area (Å²) < 4.78 is 0. The fourth-order valence-corrected chi connectivity index (χ4v) is 2.70. The number of amides is 4. The lowest BCUT2D eigenvalue weighted by atomic mass is 10.2. The minimum Gasteiger partial charge on any atom is -0.336 e. The topological polar surface area (TPSA) is 78.5 Å². The number of carbonyl (C=O) groups is 3. The molecule has 8 heteroatoms. The van der Waals surface area contributed by atoms with Crippen LogP contribution in [0.4, 0.5) is 9.59 Å². The lowest BCUT2D eigenvalue weighted by Gasteiger charge is -2.12. The number of carbonyl (C=O) groups excluding carboxylic acids is 3. The molecule has 1 aromatic carbocycles. The van der Waals surface area contributed by atoms with E-state index in [1.807, 2.05) is 12.1 Å². The van der Waals surface area contributed by atoms with E-state index in [1.54, 1.807) is 18.2 Å². The quantitative estimate of drug-likeness (QED) is 0.862. The second kappa shape index (κ2) is 7.86. The largest absolute Gasteiger partial charge is 0.336 e. The first kappa shape index (κ1) is 16.4. The van der Waals surface area contributed by atoms with Gasteiger partial charge < -0.3 is 10.6 Å². The molecule has 2 N–H and O–H groups in total. The van der Waals surface area contributed by atoms with E-state index in [0.717, 1.165) is 22.2 Å². The van der Waals surface area contributed by atoms with Crippen molar-refractivity contribution >= 4 is 46.6 Å². The summed E-state index contributed by atoms with van der Waals surface area (Å²) >= 11 is 6.82. The Bertz CT molecular complexity index is 605. The molecule has 2 rings (SSSR count). The fourth-order valence-electron chi connectivity index (χ4n) is 1.75. The van der Waals surface area contributed by atoms with Crippen molar-refractivity contribution in [1.29, 1.82) is 0 Å². The van der Waals surface area contributed by atoms with Crippen LogP contribution < -0.4 is 10.6 Å². The molecule has 0 spiro atoms. The highest BCUT2D eigenvalue weighted by Gasteiger charge is 2.29. The van der Waals surface area contributed by atoms with Gasteiger partial charge in [-0.25, -0.2) is 4.79 Å². The number of hydrogen-bond acceptors (Lipinski definition) is 4. The maximum absolute atomic E-state index is 11.5. The van der Waals surface area contributed by atoms with Gasteiger partial charge in [0.1, 0.15) is 0 Å². The molecule has 0 atom stereocenters. The molecule has 6 nitrogen and oxygen atoms in total. The van der Waals surface area contributed by atoms with Gasteiger partial charge in [0.25, 0.3) is 5.24 Å². The summed E-state index contributed by atoms with van der Waals surface area (Å²) in [6, 6.07) is 6.78. The van der Waals surface area contributed by atoms with Crippen molar-refractivity contribution in [2.75, 3.05) is 18.8 Å². The maximum Gasteiger partial charge on any atom is 0.318 e. The van der Waals surface area contributed by atoms with Crippen LogP contribution in [0.3, 0.4) is 0 Å². The molecule has 0 aromatic heterocycles. The monoisotopic (exact) mass is 339 g/mol. The number of hydrogen-bond donors (Lipinski definition) is 2.